The van der Waals surface area contributed by atoms with Crippen molar-refractivity contribution in [2.24, 2.45) is 0 Å². The van der Waals surface area contributed by atoms with Crippen molar-refractivity contribution < 1.29 is 14.3 Å². The molecule has 6 nitrogen and oxygen atoms in total. The zero-order chi connectivity index (χ0) is 20.4. The van der Waals surface area contributed by atoms with Crippen molar-refractivity contribution in [2.45, 2.75) is 24.9 Å². The standard InChI is InChI=1S/C22H22ClN3O3/c1-29-9-8-20(27)26-21-16-5-3-2-4-13(16)11-18(21)25-22(28)19-12-14-10-15(23)6-7-17(14)24-19/h2-7,10,12,18,21,24H,8-9,11H2,1H3,(H,25,28)(H,26,27). The molecule has 2 amide bonds. The maximum absolute atomic E-state index is 12.9. The number of methoxy groups -OCH3 is 1. The van der Waals surface area contributed by atoms with Gasteiger partial charge in [-0.3, -0.25) is 9.59 Å². The molecule has 29 heavy (non-hydrogen) atoms. The number of carbonyl (C=O) groups excluding carboxylic acids is 2. The summed E-state index contributed by atoms with van der Waals surface area (Å²) in [5.74, 6) is -0.320. The van der Waals surface area contributed by atoms with E-state index in [-0.39, 0.29) is 30.3 Å². The van der Waals surface area contributed by atoms with Crippen LogP contribution in [0.2, 0.25) is 5.02 Å². The number of hydrogen-bond donors (Lipinski definition) is 3. The fourth-order valence-electron chi connectivity index (χ4n) is 3.82. The topological polar surface area (TPSA) is 83.2 Å². The number of benzene rings is 2. The first kappa shape index (κ1) is 19.5. The van der Waals surface area contributed by atoms with Gasteiger partial charge in [0, 0.05) is 29.5 Å². The fraction of sp³-hybridized carbons (Fsp3) is 0.273. The van der Waals surface area contributed by atoms with Crippen LogP contribution in [0.5, 0.6) is 0 Å². The Morgan fingerprint density at radius 1 is 1.17 bits per heavy atom. The van der Waals surface area contributed by atoms with E-state index < -0.39 is 0 Å². The normalized spacial score (nSPS) is 17.9. The quantitative estimate of drug-likeness (QED) is 0.581. The third kappa shape index (κ3) is 4.13. The summed E-state index contributed by atoms with van der Waals surface area (Å²) in [6, 6.07) is 14.6. The van der Waals surface area contributed by atoms with Crippen LogP contribution in [0.1, 0.15) is 34.1 Å². The predicted molar refractivity (Wildman–Crippen MR) is 112 cm³/mol. The Balaban J connectivity index is 1.53. The second kappa shape index (κ2) is 8.27. The van der Waals surface area contributed by atoms with E-state index in [2.05, 4.69) is 15.6 Å². The molecule has 2 aromatic carbocycles. The van der Waals surface area contributed by atoms with Gasteiger partial charge < -0.3 is 20.4 Å². The van der Waals surface area contributed by atoms with Crippen LogP contribution in [-0.4, -0.2) is 36.6 Å². The van der Waals surface area contributed by atoms with E-state index in [1.807, 2.05) is 36.4 Å². The summed E-state index contributed by atoms with van der Waals surface area (Å²) >= 11 is 6.04. The van der Waals surface area contributed by atoms with Crippen LogP contribution in [-0.2, 0) is 16.0 Å². The molecule has 1 aromatic heterocycles. The molecule has 2 atom stereocenters. The van der Waals surface area contributed by atoms with Crippen LogP contribution in [0, 0.1) is 0 Å². The molecule has 1 aliphatic rings. The number of amides is 2. The molecule has 1 aliphatic carbocycles. The second-order valence-corrected chi connectivity index (χ2v) is 7.62. The lowest BCUT2D eigenvalue weighted by Crippen LogP contribution is -2.44. The van der Waals surface area contributed by atoms with E-state index in [4.69, 9.17) is 16.3 Å². The second-order valence-electron chi connectivity index (χ2n) is 7.19. The van der Waals surface area contributed by atoms with E-state index in [1.54, 1.807) is 19.2 Å². The monoisotopic (exact) mass is 411 g/mol. The molecule has 3 aromatic rings. The third-order valence-corrected chi connectivity index (χ3v) is 5.46. The largest absolute Gasteiger partial charge is 0.384 e. The third-order valence-electron chi connectivity index (χ3n) is 5.23. The molecule has 0 radical (unpaired) electrons. The van der Waals surface area contributed by atoms with Gasteiger partial charge in [0.1, 0.15) is 5.69 Å². The van der Waals surface area contributed by atoms with Crippen LogP contribution in [0.4, 0.5) is 0 Å². The van der Waals surface area contributed by atoms with Crippen molar-refractivity contribution in [3.05, 3.63) is 70.4 Å². The van der Waals surface area contributed by atoms with Gasteiger partial charge in [0.05, 0.1) is 18.7 Å². The number of fused-ring (bicyclic) bond motifs is 2. The van der Waals surface area contributed by atoms with Gasteiger partial charge in [-0.1, -0.05) is 35.9 Å². The predicted octanol–water partition coefficient (Wildman–Crippen LogP) is 3.37. The zero-order valence-electron chi connectivity index (χ0n) is 16.0. The van der Waals surface area contributed by atoms with Gasteiger partial charge >= 0.3 is 0 Å². The Kier molecular flexibility index (Phi) is 5.56. The Bertz CT molecular complexity index is 1060. The molecule has 2 unspecified atom stereocenters. The SMILES string of the molecule is COCCC(=O)NC1c2ccccc2CC1NC(=O)c1cc2cc(Cl)ccc2[nH]1. The number of hydrogen-bond acceptors (Lipinski definition) is 3. The van der Waals surface area contributed by atoms with E-state index >= 15 is 0 Å². The minimum atomic E-state index is -0.279. The molecule has 4 rings (SSSR count). The van der Waals surface area contributed by atoms with E-state index in [0.29, 0.717) is 23.7 Å². The van der Waals surface area contributed by atoms with Gasteiger partial charge in [-0.2, -0.15) is 0 Å². The Morgan fingerprint density at radius 3 is 2.83 bits per heavy atom. The smallest absolute Gasteiger partial charge is 0.268 e. The first-order valence-electron chi connectivity index (χ1n) is 9.50. The summed E-state index contributed by atoms with van der Waals surface area (Å²) in [5.41, 5.74) is 3.46. The molecule has 0 aliphatic heterocycles. The molecule has 1 heterocycles. The molecule has 0 saturated heterocycles. The minimum absolute atomic E-state index is 0.104. The van der Waals surface area contributed by atoms with Gasteiger partial charge in [0.2, 0.25) is 5.91 Å². The maximum Gasteiger partial charge on any atom is 0.268 e. The van der Waals surface area contributed by atoms with Crippen molar-refractivity contribution in [3.63, 3.8) is 0 Å². The summed E-state index contributed by atoms with van der Waals surface area (Å²) in [5, 5.41) is 7.63. The molecule has 0 saturated carbocycles. The highest BCUT2D eigenvalue weighted by molar-refractivity contribution is 6.31. The number of aromatic nitrogens is 1. The molecular weight excluding hydrogens is 390 g/mol. The highest BCUT2D eigenvalue weighted by Gasteiger charge is 2.34. The van der Waals surface area contributed by atoms with Crippen molar-refractivity contribution in [1.29, 1.82) is 0 Å². The van der Waals surface area contributed by atoms with Crippen LogP contribution < -0.4 is 10.6 Å². The van der Waals surface area contributed by atoms with Gasteiger partial charge in [-0.25, -0.2) is 0 Å². The molecular formula is C22H22ClN3O3. The van der Waals surface area contributed by atoms with Crippen LogP contribution in [0.3, 0.4) is 0 Å². The Hall–Kier alpha value is -2.83. The van der Waals surface area contributed by atoms with Crippen LogP contribution in [0.25, 0.3) is 10.9 Å². The van der Waals surface area contributed by atoms with Crippen LogP contribution >= 0.6 is 11.6 Å². The number of H-pyrrole nitrogens is 1. The number of nitrogens with one attached hydrogen (secondary N) is 3. The molecule has 0 bridgehead atoms. The zero-order valence-corrected chi connectivity index (χ0v) is 16.8. The van der Waals surface area contributed by atoms with Gasteiger partial charge in [0.15, 0.2) is 0 Å². The Morgan fingerprint density at radius 2 is 2.00 bits per heavy atom. The van der Waals surface area contributed by atoms with Gasteiger partial charge in [-0.15, -0.1) is 0 Å². The summed E-state index contributed by atoms with van der Waals surface area (Å²) in [4.78, 5) is 28.3. The number of rotatable bonds is 6. The van der Waals surface area contributed by atoms with Crippen molar-refractivity contribution in [1.82, 2.24) is 15.6 Å². The molecule has 7 heteroatoms. The molecule has 0 spiro atoms. The number of carbonyl (C=O) groups is 2. The average molecular weight is 412 g/mol. The summed E-state index contributed by atoms with van der Waals surface area (Å²) < 4.78 is 4.99. The molecule has 0 fully saturated rings. The van der Waals surface area contributed by atoms with E-state index in [1.165, 1.54) is 0 Å². The lowest BCUT2D eigenvalue weighted by Gasteiger charge is -2.23. The van der Waals surface area contributed by atoms with Gasteiger partial charge in [0.25, 0.3) is 5.91 Å². The van der Waals surface area contributed by atoms with E-state index in [9.17, 15) is 9.59 Å². The van der Waals surface area contributed by atoms with Crippen LogP contribution in [0.15, 0.2) is 48.5 Å². The van der Waals surface area contributed by atoms with Crippen molar-refractivity contribution in [3.8, 4) is 0 Å². The first-order chi connectivity index (χ1) is 14.0. The van der Waals surface area contributed by atoms with Gasteiger partial charge in [-0.05, 0) is 41.8 Å². The number of halogens is 1. The maximum atomic E-state index is 12.9. The summed E-state index contributed by atoms with van der Waals surface area (Å²) in [7, 11) is 1.56. The summed E-state index contributed by atoms with van der Waals surface area (Å²) in [6.45, 7) is 0.356. The average Bonchev–Trinajstić information content (AvgIpc) is 3.28. The number of ether oxygens (including phenoxy) is 1. The molecule has 3 N–H and O–H groups in total. The summed E-state index contributed by atoms with van der Waals surface area (Å²) in [6.07, 6.45) is 0.932. The lowest BCUT2D eigenvalue weighted by atomic mass is 10.1. The minimum Gasteiger partial charge on any atom is -0.384 e. The van der Waals surface area contributed by atoms with Crippen molar-refractivity contribution in [2.75, 3.05) is 13.7 Å². The van der Waals surface area contributed by atoms with Crippen molar-refractivity contribution >= 4 is 34.3 Å². The number of aromatic amines is 1. The lowest BCUT2D eigenvalue weighted by molar-refractivity contribution is -0.122. The first-order valence-corrected chi connectivity index (χ1v) is 9.88. The van der Waals surface area contributed by atoms with E-state index in [0.717, 1.165) is 22.0 Å². The fourth-order valence-corrected chi connectivity index (χ4v) is 4.00. The highest BCUT2D eigenvalue weighted by atomic mass is 35.5. The molecule has 150 valence electrons. The highest BCUT2D eigenvalue weighted by Crippen LogP contribution is 2.32. The Labute approximate surface area is 173 Å².